The maximum absolute atomic E-state index is 13.1. The number of hydrogen-bond acceptors (Lipinski definition) is 6. The van der Waals surface area contributed by atoms with Crippen LogP contribution in [0.25, 0.3) is 11.0 Å². The van der Waals surface area contributed by atoms with Gasteiger partial charge in [0, 0.05) is 31.2 Å². The minimum absolute atomic E-state index is 0.0921. The number of rotatable bonds is 3. The maximum Gasteiger partial charge on any atom is 0.245 e. The van der Waals surface area contributed by atoms with E-state index in [1.807, 2.05) is 23.1 Å². The van der Waals surface area contributed by atoms with Crippen molar-refractivity contribution in [2.75, 3.05) is 24.5 Å². The Kier molecular flexibility index (Phi) is 4.36. The van der Waals surface area contributed by atoms with Crippen LogP contribution < -0.4 is 4.90 Å². The van der Waals surface area contributed by atoms with E-state index in [4.69, 9.17) is 0 Å². The van der Waals surface area contributed by atoms with Crippen molar-refractivity contribution in [2.24, 2.45) is 5.92 Å². The highest BCUT2D eigenvalue weighted by atomic mass is 32.2. The second-order valence-electron chi connectivity index (χ2n) is 7.44. The van der Waals surface area contributed by atoms with E-state index in [0.717, 1.165) is 12.1 Å². The van der Waals surface area contributed by atoms with Gasteiger partial charge in [-0.2, -0.15) is 4.31 Å². The van der Waals surface area contributed by atoms with Gasteiger partial charge in [-0.1, -0.05) is 24.3 Å². The van der Waals surface area contributed by atoms with Crippen molar-refractivity contribution < 1.29 is 17.8 Å². The number of aromatic nitrogens is 2. The normalized spacial score (nSPS) is 18.3. The molecule has 0 N–H and O–H groups in total. The highest BCUT2D eigenvalue weighted by Gasteiger charge is 2.36. The number of benzene rings is 2. The number of para-hydroxylation sites is 1. The van der Waals surface area contributed by atoms with E-state index >= 15 is 0 Å². The van der Waals surface area contributed by atoms with Crippen molar-refractivity contribution in [3.63, 3.8) is 0 Å². The molecule has 0 saturated carbocycles. The van der Waals surface area contributed by atoms with Gasteiger partial charge in [0.1, 0.15) is 10.4 Å². The number of nitrogens with zero attached hydrogens (tertiary/aromatic N) is 4. The van der Waals surface area contributed by atoms with E-state index in [2.05, 4.69) is 21.0 Å². The van der Waals surface area contributed by atoms with Crippen molar-refractivity contribution in [2.45, 2.75) is 24.2 Å². The molecule has 2 aliphatic heterocycles. The van der Waals surface area contributed by atoms with Crippen LogP contribution in [0, 0.1) is 5.92 Å². The summed E-state index contributed by atoms with van der Waals surface area (Å²) in [4.78, 5) is 15.0. The van der Waals surface area contributed by atoms with Crippen molar-refractivity contribution in [1.82, 2.24) is 14.6 Å². The molecule has 3 aromatic rings. The third kappa shape index (κ3) is 3.01. The van der Waals surface area contributed by atoms with Crippen molar-refractivity contribution in [1.29, 1.82) is 0 Å². The third-order valence-electron chi connectivity index (χ3n) is 5.82. The van der Waals surface area contributed by atoms with Crippen molar-refractivity contribution >= 4 is 32.7 Å². The van der Waals surface area contributed by atoms with Crippen LogP contribution in [-0.2, 0) is 21.2 Å². The molecule has 9 heteroatoms. The average Bonchev–Trinajstić information content (AvgIpc) is 3.40. The predicted molar refractivity (Wildman–Crippen MR) is 106 cm³/mol. The minimum atomic E-state index is -3.73. The molecule has 3 heterocycles. The molecule has 8 nitrogen and oxygen atoms in total. The van der Waals surface area contributed by atoms with Crippen LogP contribution >= 0.6 is 0 Å². The number of hydrogen-bond donors (Lipinski definition) is 0. The van der Waals surface area contributed by atoms with Crippen LogP contribution in [0.2, 0.25) is 0 Å². The summed E-state index contributed by atoms with van der Waals surface area (Å²) in [6, 6.07) is 12.8. The largest absolute Gasteiger partial charge is 0.312 e. The third-order valence-corrected chi connectivity index (χ3v) is 7.75. The standard InChI is InChI=1S/C20H20N4O4S/c25-20(24-13-10-14-4-1-2-6-17(14)24)15-8-11-23(12-9-15)29(26,27)18-7-3-5-16-19(18)22-28-21-16/h1-7,15H,8-13H2. The van der Waals surface area contributed by atoms with Gasteiger partial charge in [0.2, 0.25) is 15.9 Å². The van der Waals surface area contributed by atoms with E-state index in [1.165, 1.54) is 15.9 Å². The van der Waals surface area contributed by atoms with E-state index in [9.17, 15) is 13.2 Å². The average molecular weight is 412 g/mol. The number of carbonyl (C=O) groups is 1. The number of sulfonamides is 1. The lowest BCUT2D eigenvalue weighted by Gasteiger charge is -2.32. The van der Waals surface area contributed by atoms with Crippen molar-refractivity contribution in [3.8, 4) is 0 Å². The Morgan fingerprint density at radius 3 is 2.62 bits per heavy atom. The van der Waals surface area contributed by atoms with E-state index in [0.29, 0.717) is 38.0 Å². The van der Waals surface area contributed by atoms with Crippen molar-refractivity contribution in [3.05, 3.63) is 48.0 Å². The smallest absolute Gasteiger partial charge is 0.245 e. The second kappa shape index (κ2) is 6.93. The molecular weight excluding hydrogens is 392 g/mol. The molecule has 150 valence electrons. The quantitative estimate of drug-likeness (QED) is 0.654. The molecule has 2 aromatic carbocycles. The van der Waals surface area contributed by atoms with Gasteiger partial charge in [-0.15, -0.1) is 0 Å². The fraction of sp³-hybridized carbons (Fsp3) is 0.350. The van der Waals surface area contributed by atoms with Crippen LogP contribution in [0.15, 0.2) is 52.0 Å². The van der Waals surface area contributed by atoms with Gasteiger partial charge in [-0.25, -0.2) is 13.0 Å². The van der Waals surface area contributed by atoms with Crippen LogP contribution in [0.4, 0.5) is 5.69 Å². The van der Waals surface area contributed by atoms with E-state index in [1.54, 1.807) is 12.1 Å². The molecule has 0 bridgehead atoms. The molecule has 0 radical (unpaired) electrons. The maximum atomic E-state index is 13.1. The summed E-state index contributed by atoms with van der Waals surface area (Å²) in [6.07, 6.45) is 1.87. The van der Waals surface area contributed by atoms with Gasteiger partial charge in [0.25, 0.3) is 0 Å². The fourth-order valence-corrected chi connectivity index (χ4v) is 5.87. The Morgan fingerprint density at radius 2 is 1.79 bits per heavy atom. The van der Waals surface area contributed by atoms with Gasteiger partial charge in [0.05, 0.1) is 0 Å². The van der Waals surface area contributed by atoms with Gasteiger partial charge in [0.15, 0.2) is 5.52 Å². The fourth-order valence-electron chi connectivity index (χ4n) is 4.26. The number of amides is 1. The summed E-state index contributed by atoms with van der Waals surface area (Å²) in [5.41, 5.74) is 2.82. The first-order valence-corrected chi connectivity index (χ1v) is 11.1. The molecule has 1 aromatic heterocycles. The van der Waals surface area contributed by atoms with Crippen LogP contribution in [0.5, 0.6) is 0 Å². The summed E-state index contributed by atoms with van der Waals surface area (Å²) < 4.78 is 32.4. The molecule has 1 saturated heterocycles. The van der Waals surface area contributed by atoms with Gasteiger partial charge < -0.3 is 4.90 Å². The molecule has 0 unspecified atom stereocenters. The first-order valence-electron chi connectivity index (χ1n) is 9.66. The Labute approximate surface area is 168 Å². The van der Waals surface area contributed by atoms with Crippen LogP contribution in [0.3, 0.4) is 0 Å². The van der Waals surface area contributed by atoms with Crippen LogP contribution in [0.1, 0.15) is 18.4 Å². The Balaban J connectivity index is 1.32. The molecule has 0 aliphatic carbocycles. The number of fused-ring (bicyclic) bond motifs is 2. The SMILES string of the molecule is O=C(C1CCN(S(=O)(=O)c2cccc3nonc23)CC1)N1CCc2ccccc21. The lowest BCUT2D eigenvalue weighted by Crippen LogP contribution is -2.44. The topological polar surface area (TPSA) is 96.6 Å². The molecule has 1 amide bonds. The van der Waals surface area contributed by atoms with Gasteiger partial charge in [-0.05, 0) is 53.3 Å². The summed E-state index contributed by atoms with van der Waals surface area (Å²) >= 11 is 0. The Morgan fingerprint density at radius 1 is 1.00 bits per heavy atom. The minimum Gasteiger partial charge on any atom is -0.312 e. The zero-order valence-corrected chi connectivity index (χ0v) is 16.5. The summed E-state index contributed by atoms with van der Waals surface area (Å²) in [5.74, 6) is -0.0769. The Hall–Kier alpha value is -2.78. The first kappa shape index (κ1) is 18.3. The molecular formula is C20H20N4O4S. The molecule has 2 aliphatic rings. The zero-order chi connectivity index (χ0) is 20.0. The zero-order valence-electron chi connectivity index (χ0n) is 15.7. The number of piperidine rings is 1. The van der Waals surface area contributed by atoms with E-state index < -0.39 is 10.0 Å². The molecule has 1 fully saturated rings. The summed E-state index contributed by atoms with van der Waals surface area (Å²) in [6.45, 7) is 1.30. The lowest BCUT2D eigenvalue weighted by atomic mass is 9.96. The predicted octanol–water partition coefficient (Wildman–Crippen LogP) is 2.21. The highest BCUT2D eigenvalue weighted by Crippen LogP contribution is 2.32. The van der Waals surface area contributed by atoms with E-state index in [-0.39, 0.29) is 22.2 Å². The Bertz CT molecular complexity index is 1180. The second-order valence-corrected chi connectivity index (χ2v) is 9.34. The monoisotopic (exact) mass is 412 g/mol. The highest BCUT2D eigenvalue weighted by molar-refractivity contribution is 7.89. The summed E-state index contributed by atoms with van der Waals surface area (Å²) in [5, 5.41) is 7.46. The number of carbonyl (C=O) groups excluding carboxylic acids is 1. The lowest BCUT2D eigenvalue weighted by molar-refractivity contribution is -0.123. The first-order chi connectivity index (χ1) is 14.1. The molecule has 5 rings (SSSR count). The van der Waals surface area contributed by atoms with Gasteiger partial charge >= 0.3 is 0 Å². The summed E-state index contributed by atoms with van der Waals surface area (Å²) in [7, 11) is -3.73. The number of anilines is 1. The molecule has 0 atom stereocenters. The van der Waals surface area contributed by atoms with Crippen LogP contribution in [-0.4, -0.2) is 48.6 Å². The molecule has 0 spiro atoms. The molecule has 29 heavy (non-hydrogen) atoms. The van der Waals surface area contributed by atoms with Gasteiger partial charge in [-0.3, -0.25) is 4.79 Å².